The van der Waals surface area contributed by atoms with E-state index in [1.54, 1.807) is 6.08 Å². The molecular weight excluding hydrogens is 444 g/mol. The first-order valence-electron chi connectivity index (χ1n) is 9.95. The van der Waals surface area contributed by atoms with Crippen LogP contribution >= 0.6 is 11.8 Å². The number of nitrogens with zero attached hydrogens (tertiary/aromatic N) is 3. The van der Waals surface area contributed by atoms with E-state index in [0.717, 1.165) is 28.5 Å². The zero-order valence-electron chi connectivity index (χ0n) is 17.2. The number of benzene rings is 2. The predicted octanol–water partition coefficient (Wildman–Crippen LogP) is 3.10. The minimum atomic E-state index is -0.400. The Morgan fingerprint density at radius 1 is 1.09 bits per heavy atom. The van der Waals surface area contributed by atoms with Gasteiger partial charge in [0.05, 0.1) is 17.1 Å². The molecule has 0 saturated carbocycles. The second-order valence-electron chi connectivity index (χ2n) is 7.05. The van der Waals surface area contributed by atoms with Crippen molar-refractivity contribution < 1.29 is 14.3 Å². The minimum absolute atomic E-state index is 0.134. The van der Waals surface area contributed by atoms with Gasteiger partial charge in [-0.25, -0.2) is 10.1 Å². The summed E-state index contributed by atoms with van der Waals surface area (Å²) in [4.78, 5) is 43.0. The lowest BCUT2D eigenvalue weighted by Crippen LogP contribution is -2.17. The van der Waals surface area contributed by atoms with E-state index in [0.29, 0.717) is 28.6 Å². The van der Waals surface area contributed by atoms with Crippen LogP contribution in [0.3, 0.4) is 0 Å². The Bertz CT molecular complexity index is 1510. The number of hydrogen-bond donors (Lipinski definition) is 3. The molecule has 11 heteroatoms. The van der Waals surface area contributed by atoms with Gasteiger partial charge in [-0.2, -0.15) is 0 Å². The van der Waals surface area contributed by atoms with E-state index < -0.39 is 11.5 Å². The number of fused-ring (bicyclic) bond motifs is 1. The molecule has 3 N–H and O–H groups in total. The van der Waals surface area contributed by atoms with Gasteiger partial charge in [0.15, 0.2) is 11.2 Å². The van der Waals surface area contributed by atoms with Crippen molar-refractivity contribution >= 4 is 40.1 Å². The SMILES string of the molecule is CCOc1cc(-c2cccc(/C=C3\SC(=O)NC3=O)c2)ccc1-c1nc2[nH]nnc2c(=O)[nH]1. The number of hydrogen-bond acceptors (Lipinski definition) is 8. The molecular formula is C22H16N6O4S. The third-order valence-electron chi connectivity index (χ3n) is 4.90. The Morgan fingerprint density at radius 2 is 1.94 bits per heavy atom. The van der Waals surface area contributed by atoms with Gasteiger partial charge in [-0.05, 0) is 59.7 Å². The van der Waals surface area contributed by atoms with Crippen molar-refractivity contribution in [3.05, 3.63) is 63.3 Å². The largest absolute Gasteiger partial charge is 0.493 e. The highest BCUT2D eigenvalue weighted by Crippen LogP contribution is 2.34. The van der Waals surface area contributed by atoms with E-state index >= 15 is 0 Å². The van der Waals surface area contributed by atoms with Gasteiger partial charge in [0.25, 0.3) is 16.7 Å². The Balaban J connectivity index is 1.54. The maximum Gasteiger partial charge on any atom is 0.290 e. The van der Waals surface area contributed by atoms with Crippen LogP contribution in [-0.4, -0.2) is 43.1 Å². The molecule has 4 aromatic rings. The lowest BCUT2D eigenvalue weighted by molar-refractivity contribution is -0.115. The highest BCUT2D eigenvalue weighted by atomic mass is 32.2. The van der Waals surface area contributed by atoms with Crippen molar-refractivity contribution in [3.63, 3.8) is 0 Å². The molecule has 1 fully saturated rings. The summed E-state index contributed by atoms with van der Waals surface area (Å²) in [5.74, 6) is 0.482. The number of carbonyl (C=O) groups is 2. The minimum Gasteiger partial charge on any atom is -0.493 e. The summed E-state index contributed by atoms with van der Waals surface area (Å²) in [5, 5.41) is 11.8. The van der Waals surface area contributed by atoms with Gasteiger partial charge in [-0.3, -0.25) is 19.7 Å². The molecule has 0 spiro atoms. The number of ether oxygens (including phenoxy) is 1. The fraction of sp³-hybridized carbons (Fsp3) is 0.0909. The number of amides is 2. The van der Waals surface area contributed by atoms with Crippen LogP contribution in [0.4, 0.5) is 4.79 Å². The van der Waals surface area contributed by atoms with Gasteiger partial charge >= 0.3 is 0 Å². The molecule has 1 aliphatic rings. The van der Waals surface area contributed by atoms with Gasteiger partial charge < -0.3 is 9.72 Å². The molecule has 1 saturated heterocycles. The molecule has 2 aromatic carbocycles. The van der Waals surface area contributed by atoms with Crippen LogP contribution in [0.1, 0.15) is 12.5 Å². The highest BCUT2D eigenvalue weighted by Gasteiger charge is 2.25. The Labute approximate surface area is 190 Å². The van der Waals surface area contributed by atoms with E-state index in [1.807, 2.05) is 49.4 Å². The average molecular weight is 460 g/mol. The van der Waals surface area contributed by atoms with Gasteiger partial charge in [-0.1, -0.05) is 29.5 Å². The number of thioether (sulfide) groups is 1. The fourth-order valence-electron chi connectivity index (χ4n) is 3.44. The van der Waals surface area contributed by atoms with Crippen LogP contribution < -0.4 is 15.6 Å². The van der Waals surface area contributed by atoms with Crippen LogP contribution in [-0.2, 0) is 4.79 Å². The number of H-pyrrole nitrogens is 2. The Kier molecular flexibility index (Phi) is 5.23. The summed E-state index contributed by atoms with van der Waals surface area (Å²) in [6.07, 6.45) is 1.68. The van der Waals surface area contributed by atoms with E-state index in [-0.39, 0.29) is 16.4 Å². The maximum atomic E-state index is 12.3. The maximum absolute atomic E-state index is 12.3. The van der Waals surface area contributed by atoms with E-state index in [9.17, 15) is 14.4 Å². The first kappa shape index (κ1) is 20.6. The number of rotatable bonds is 5. The molecule has 0 bridgehead atoms. The standard InChI is InChI=1S/C22H16N6O4S/c1-2-32-15-10-13(6-7-14(15)18-23-19-17(21(30)24-18)26-28-27-19)12-5-3-4-11(8-12)9-16-20(29)25-22(31)33-16/h3-10H,2H2,1H3,(H,25,29,31)(H2,23,24,26,27,28,30)/b16-9-. The van der Waals surface area contributed by atoms with Crippen molar-refractivity contribution in [3.8, 4) is 28.3 Å². The van der Waals surface area contributed by atoms with Crippen molar-refractivity contribution in [1.29, 1.82) is 0 Å². The van der Waals surface area contributed by atoms with Gasteiger partial charge in [0, 0.05) is 0 Å². The van der Waals surface area contributed by atoms with E-state index in [2.05, 4.69) is 30.7 Å². The molecule has 0 unspecified atom stereocenters. The molecule has 33 heavy (non-hydrogen) atoms. The van der Waals surface area contributed by atoms with Gasteiger partial charge in [-0.15, -0.1) is 5.10 Å². The molecule has 0 atom stereocenters. The molecule has 10 nitrogen and oxygen atoms in total. The summed E-state index contributed by atoms with van der Waals surface area (Å²) in [5.41, 5.74) is 3.18. The Morgan fingerprint density at radius 3 is 2.73 bits per heavy atom. The van der Waals surface area contributed by atoms with E-state index in [4.69, 9.17) is 4.74 Å². The third kappa shape index (κ3) is 4.01. The van der Waals surface area contributed by atoms with Crippen molar-refractivity contribution in [1.82, 2.24) is 30.7 Å². The number of carbonyl (C=O) groups excluding carboxylic acids is 2. The molecule has 2 amide bonds. The summed E-state index contributed by atoms with van der Waals surface area (Å²) < 4.78 is 5.84. The van der Waals surface area contributed by atoms with Gasteiger partial charge in [0.2, 0.25) is 0 Å². The Hall–Kier alpha value is -4.25. The van der Waals surface area contributed by atoms with Crippen LogP contribution in [0, 0.1) is 0 Å². The first-order valence-corrected chi connectivity index (χ1v) is 10.8. The second kappa shape index (κ2) is 8.36. The van der Waals surface area contributed by atoms with Crippen molar-refractivity contribution in [2.45, 2.75) is 6.92 Å². The fourth-order valence-corrected chi connectivity index (χ4v) is 4.12. The smallest absolute Gasteiger partial charge is 0.290 e. The lowest BCUT2D eigenvalue weighted by atomic mass is 10.0. The topological polar surface area (TPSA) is 143 Å². The molecule has 2 aromatic heterocycles. The number of aromatic nitrogens is 5. The molecule has 3 heterocycles. The van der Waals surface area contributed by atoms with Crippen molar-refractivity contribution in [2.75, 3.05) is 6.61 Å². The number of nitrogens with one attached hydrogen (secondary N) is 3. The van der Waals surface area contributed by atoms with Gasteiger partial charge in [0.1, 0.15) is 11.6 Å². The predicted molar refractivity (Wildman–Crippen MR) is 123 cm³/mol. The quantitative estimate of drug-likeness (QED) is 0.386. The van der Waals surface area contributed by atoms with Crippen LogP contribution in [0.2, 0.25) is 0 Å². The molecule has 1 aliphatic heterocycles. The van der Waals surface area contributed by atoms with Crippen LogP contribution in [0.5, 0.6) is 5.75 Å². The number of imide groups is 1. The number of aromatic amines is 2. The highest BCUT2D eigenvalue weighted by molar-refractivity contribution is 8.18. The summed E-state index contributed by atoms with van der Waals surface area (Å²) in [6, 6.07) is 13.1. The molecule has 0 radical (unpaired) electrons. The first-order chi connectivity index (χ1) is 16.0. The monoisotopic (exact) mass is 460 g/mol. The third-order valence-corrected chi connectivity index (χ3v) is 5.71. The molecule has 5 rings (SSSR count). The zero-order chi connectivity index (χ0) is 22.9. The normalized spacial score (nSPS) is 14.8. The average Bonchev–Trinajstić information content (AvgIpc) is 3.40. The summed E-state index contributed by atoms with van der Waals surface area (Å²) in [7, 11) is 0. The molecule has 0 aliphatic carbocycles. The lowest BCUT2D eigenvalue weighted by Gasteiger charge is -2.12. The van der Waals surface area contributed by atoms with Crippen LogP contribution in [0.15, 0.2) is 52.2 Å². The summed E-state index contributed by atoms with van der Waals surface area (Å²) in [6.45, 7) is 2.29. The zero-order valence-corrected chi connectivity index (χ0v) is 18.0. The second-order valence-corrected chi connectivity index (χ2v) is 8.06. The van der Waals surface area contributed by atoms with Crippen LogP contribution in [0.25, 0.3) is 39.8 Å². The van der Waals surface area contributed by atoms with Crippen molar-refractivity contribution in [2.24, 2.45) is 0 Å². The van der Waals surface area contributed by atoms with E-state index in [1.165, 1.54) is 0 Å². The molecule has 164 valence electrons. The summed E-state index contributed by atoms with van der Waals surface area (Å²) >= 11 is 0.875.